The predicted molar refractivity (Wildman–Crippen MR) is 129 cm³/mol. The van der Waals surface area contributed by atoms with Crippen LogP contribution in [-0.4, -0.2) is 37.4 Å². The molecule has 0 bridgehead atoms. The number of rotatable bonds is 10. The molecule has 1 heterocycles. The SMILES string of the molecule is O=C(COC(=O)[C@H](Cc1ccccc1)NC(=O)OCc1ccccc1)NCc1ccc2c(c1)OCO2. The molecule has 0 fully saturated rings. The largest absolute Gasteiger partial charge is 0.454 e. The van der Waals surface area contributed by atoms with Crippen LogP contribution in [-0.2, 0) is 38.6 Å². The summed E-state index contributed by atoms with van der Waals surface area (Å²) in [5, 5.41) is 5.24. The highest BCUT2D eigenvalue weighted by atomic mass is 16.7. The van der Waals surface area contributed by atoms with Crippen molar-refractivity contribution in [3.05, 3.63) is 95.6 Å². The third-order valence-corrected chi connectivity index (χ3v) is 5.34. The minimum atomic E-state index is -1.03. The molecule has 3 aromatic carbocycles. The molecule has 3 aromatic rings. The Bertz CT molecular complexity index is 1190. The number of nitrogens with one attached hydrogen (secondary N) is 2. The Labute approximate surface area is 208 Å². The molecule has 0 aliphatic carbocycles. The van der Waals surface area contributed by atoms with E-state index in [0.717, 1.165) is 16.7 Å². The van der Waals surface area contributed by atoms with Crippen molar-refractivity contribution in [2.45, 2.75) is 25.6 Å². The van der Waals surface area contributed by atoms with E-state index in [1.54, 1.807) is 18.2 Å². The maximum atomic E-state index is 12.8. The average molecular weight is 491 g/mol. The van der Waals surface area contributed by atoms with Gasteiger partial charge in [0.2, 0.25) is 6.79 Å². The molecule has 1 aliphatic rings. The van der Waals surface area contributed by atoms with Crippen LogP contribution < -0.4 is 20.1 Å². The fraction of sp³-hybridized carbons (Fsp3) is 0.222. The summed E-state index contributed by atoms with van der Waals surface area (Å²) in [6.07, 6.45) is -0.581. The Morgan fingerprint density at radius 3 is 2.25 bits per heavy atom. The van der Waals surface area contributed by atoms with Crippen molar-refractivity contribution in [3.63, 3.8) is 0 Å². The molecule has 0 spiro atoms. The lowest BCUT2D eigenvalue weighted by atomic mass is 10.1. The summed E-state index contributed by atoms with van der Waals surface area (Å²) in [5.41, 5.74) is 2.44. The van der Waals surface area contributed by atoms with Gasteiger partial charge in [-0.15, -0.1) is 0 Å². The molecule has 36 heavy (non-hydrogen) atoms. The van der Waals surface area contributed by atoms with Gasteiger partial charge in [-0.05, 0) is 28.8 Å². The fourth-order valence-corrected chi connectivity index (χ4v) is 3.49. The van der Waals surface area contributed by atoms with Crippen LogP contribution in [0, 0.1) is 0 Å². The maximum Gasteiger partial charge on any atom is 0.408 e. The number of carbonyl (C=O) groups is 3. The molecule has 9 heteroatoms. The second-order valence-electron chi connectivity index (χ2n) is 8.02. The summed E-state index contributed by atoms with van der Waals surface area (Å²) < 4.78 is 21.0. The van der Waals surface area contributed by atoms with E-state index >= 15 is 0 Å². The van der Waals surface area contributed by atoms with Gasteiger partial charge >= 0.3 is 12.1 Å². The van der Waals surface area contributed by atoms with Gasteiger partial charge in [-0.2, -0.15) is 0 Å². The molecular formula is C27H26N2O7. The zero-order valence-corrected chi connectivity index (χ0v) is 19.5. The van der Waals surface area contributed by atoms with Gasteiger partial charge < -0.3 is 29.6 Å². The van der Waals surface area contributed by atoms with Crippen LogP contribution in [0.15, 0.2) is 78.9 Å². The number of ether oxygens (including phenoxy) is 4. The van der Waals surface area contributed by atoms with Crippen molar-refractivity contribution in [1.82, 2.24) is 10.6 Å². The van der Waals surface area contributed by atoms with E-state index in [-0.39, 0.29) is 26.4 Å². The Balaban J connectivity index is 1.28. The number of benzene rings is 3. The average Bonchev–Trinajstić information content (AvgIpc) is 3.38. The standard InChI is InChI=1S/C27H26N2O7/c30-25(28-15-21-11-12-23-24(14-21)36-18-35-23)17-33-26(31)22(13-19-7-3-1-4-8-19)29-27(32)34-16-20-9-5-2-6-10-20/h1-12,14,22H,13,15-18H2,(H,28,30)(H,29,32)/t22-/m0/s1. The monoisotopic (exact) mass is 490 g/mol. The third kappa shape index (κ3) is 7.23. The van der Waals surface area contributed by atoms with Gasteiger partial charge in [-0.25, -0.2) is 9.59 Å². The molecule has 2 amide bonds. The van der Waals surface area contributed by atoms with Crippen LogP contribution in [0.2, 0.25) is 0 Å². The van der Waals surface area contributed by atoms with E-state index in [1.807, 2.05) is 60.7 Å². The molecular weight excluding hydrogens is 464 g/mol. The van der Waals surface area contributed by atoms with Crippen LogP contribution in [0.1, 0.15) is 16.7 Å². The Kier molecular flexibility index (Phi) is 8.37. The maximum absolute atomic E-state index is 12.8. The van der Waals surface area contributed by atoms with E-state index in [2.05, 4.69) is 10.6 Å². The first-order valence-corrected chi connectivity index (χ1v) is 11.4. The first kappa shape index (κ1) is 24.6. The molecule has 0 aromatic heterocycles. The number of alkyl carbamates (subject to hydrolysis) is 1. The normalized spacial score (nSPS) is 12.3. The first-order valence-electron chi connectivity index (χ1n) is 11.4. The lowest BCUT2D eigenvalue weighted by molar-refractivity contribution is -0.150. The first-order chi connectivity index (χ1) is 17.6. The van der Waals surface area contributed by atoms with E-state index in [4.69, 9.17) is 18.9 Å². The summed E-state index contributed by atoms with van der Waals surface area (Å²) in [5.74, 6) is 0.0419. The summed E-state index contributed by atoms with van der Waals surface area (Å²) >= 11 is 0. The second kappa shape index (κ2) is 12.3. The highest BCUT2D eigenvalue weighted by Crippen LogP contribution is 2.32. The number of hydrogen-bond acceptors (Lipinski definition) is 7. The molecule has 1 atom stereocenters. The quantitative estimate of drug-likeness (QED) is 0.420. The van der Waals surface area contributed by atoms with Crippen molar-refractivity contribution in [3.8, 4) is 11.5 Å². The van der Waals surface area contributed by atoms with Gasteiger partial charge in [0.15, 0.2) is 18.1 Å². The summed E-state index contributed by atoms with van der Waals surface area (Å²) in [7, 11) is 0. The number of carbonyl (C=O) groups excluding carboxylic acids is 3. The van der Waals surface area contributed by atoms with Gasteiger partial charge in [0, 0.05) is 13.0 Å². The topological polar surface area (TPSA) is 112 Å². The van der Waals surface area contributed by atoms with Crippen LogP contribution in [0.4, 0.5) is 4.79 Å². The van der Waals surface area contributed by atoms with E-state index in [0.29, 0.717) is 11.5 Å². The Morgan fingerprint density at radius 2 is 1.50 bits per heavy atom. The lowest BCUT2D eigenvalue weighted by Gasteiger charge is -2.18. The van der Waals surface area contributed by atoms with Gasteiger partial charge in [-0.3, -0.25) is 4.79 Å². The van der Waals surface area contributed by atoms with Crippen LogP contribution in [0.3, 0.4) is 0 Å². The number of hydrogen-bond donors (Lipinski definition) is 2. The smallest absolute Gasteiger partial charge is 0.408 e. The molecule has 0 unspecified atom stereocenters. The fourth-order valence-electron chi connectivity index (χ4n) is 3.49. The minimum absolute atomic E-state index is 0.0576. The minimum Gasteiger partial charge on any atom is -0.454 e. The van der Waals surface area contributed by atoms with Gasteiger partial charge in [0.1, 0.15) is 12.6 Å². The second-order valence-corrected chi connectivity index (χ2v) is 8.02. The van der Waals surface area contributed by atoms with Crippen molar-refractivity contribution < 1.29 is 33.3 Å². The van der Waals surface area contributed by atoms with Crippen molar-refractivity contribution >= 4 is 18.0 Å². The zero-order chi connectivity index (χ0) is 25.2. The van der Waals surface area contributed by atoms with E-state index < -0.39 is 30.6 Å². The van der Waals surface area contributed by atoms with Gasteiger partial charge in [0.25, 0.3) is 5.91 Å². The van der Waals surface area contributed by atoms with Gasteiger partial charge in [-0.1, -0.05) is 66.7 Å². The third-order valence-electron chi connectivity index (χ3n) is 5.34. The van der Waals surface area contributed by atoms with Crippen molar-refractivity contribution in [2.24, 2.45) is 0 Å². The summed E-state index contributed by atoms with van der Waals surface area (Å²) in [6.45, 7) is -0.0406. The molecule has 186 valence electrons. The molecule has 0 radical (unpaired) electrons. The molecule has 4 rings (SSSR count). The molecule has 9 nitrogen and oxygen atoms in total. The van der Waals surface area contributed by atoms with Crippen LogP contribution in [0.5, 0.6) is 11.5 Å². The van der Waals surface area contributed by atoms with Crippen molar-refractivity contribution in [2.75, 3.05) is 13.4 Å². The Hall–Kier alpha value is -4.53. The van der Waals surface area contributed by atoms with E-state index in [1.165, 1.54) is 0 Å². The highest BCUT2D eigenvalue weighted by molar-refractivity contribution is 5.85. The number of fused-ring (bicyclic) bond motifs is 1. The van der Waals surface area contributed by atoms with Gasteiger partial charge in [0.05, 0.1) is 0 Å². The summed E-state index contributed by atoms with van der Waals surface area (Å²) in [6, 6.07) is 22.7. The highest BCUT2D eigenvalue weighted by Gasteiger charge is 2.24. The van der Waals surface area contributed by atoms with Crippen LogP contribution in [0.25, 0.3) is 0 Å². The van der Waals surface area contributed by atoms with E-state index in [9.17, 15) is 14.4 Å². The number of esters is 1. The van der Waals surface area contributed by atoms with Crippen molar-refractivity contribution in [1.29, 1.82) is 0 Å². The molecule has 0 saturated carbocycles. The lowest BCUT2D eigenvalue weighted by Crippen LogP contribution is -2.44. The number of amides is 2. The molecule has 2 N–H and O–H groups in total. The predicted octanol–water partition coefficient (Wildman–Crippen LogP) is 3.11. The Morgan fingerprint density at radius 1 is 0.806 bits per heavy atom. The summed E-state index contributed by atoms with van der Waals surface area (Å²) in [4.78, 5) is 37.4. The molecule has 0 saturated heterocycles. The van der Waals surface area contributed by atoms with Crippen LogP contribution >= 0.6 is 0 Å². The zero-order valence-electron chi connectivity index (χ0n) is 19.5. The molecule has 1 aliphatic heterocycles.